The van der Waals surface area contributed by atoms with Crippen LogP contribution in [0, 0.1) is 5.92 Å². The highest BCUT2D eigenvalue weighted by molar-refractivity contribution is 5.81. The maximum Gasteiger partial charge on any atom is 0.306 e. The van der Waals surface area contributed by atoms with Gasteiger partial charge in [-0.2, -0.15) is 0 Å². The molecular weight excluding hydrogens is 270 g/mol. The highest BCUT2D eigenvalue weighted by Crippen LogP contribution is 2.20. The average molecular weight is 291 g/mol. The van der Waals surface area contributed by atoms with Gasteiger partial charge in [0.1, 0.15) is 5.75 Å². The molecule has 1 fully saturated rings. The van der Waals surface area contributed by atoms with E-state index in [1.54, 1.807) is 4.90 Å². The van der Waals surface area contributed by atoms with Gasteiger partial charge < -0.3 is 14.7 Å². The molecule has 0 radical (unpaired) electrons. The van der Waals surface area contributed by atoms with Crippen LogP contribution >= 0.6 is 0 Å². The van der Waals surface area contributed by atoms with Gasteiger partial charge in [0.05, 0.1) is 5.92 Å². The molecule has 1 N–H and O–H groups in total. The van der Waals surface area contributed by atoms with Crippen molar-refractivity contribution in [2.75, 3.05) is 13.1 Å². The zero-order valence-corrected chi connectivity index (χ0v) is 12.2. The molecule has 114 valence electrons. The van der Waals surface area contributed by atoms with Crippen LogP contribution in [0.5, 0.6) is 5.75 Å². The maximum atomic E-state index is 12.5. The van der Waals surface area contributed by atoms with E-state index in [2.05, 4.69) is 0 Å². The normalized spacial score (nSPS) is 17.3. The third-order valence-corrected chi connectivity index (χ3v) is 3.82. The monoisotopic (exact) mass is 291 g/mol. The van der Waals surface area contributed by atoms with Crippen molar-refractivity contribution < 1.29 is 19.4 Å². The highest BCUT2D eigenvalue weighted by atomic mass is 16.5. The predicted molar refractivity (Wildman–Crippen MR) is 78.1 cm³/mol. The second kappa shape index (κ2) is 7.11. The molecule has 0 unspecified atom stereocenters. The van der Waals surface area contributed by atoms with Crippen LogP contribution in [0.15, 0.2) is 30.3 Å². The van der Waals surface area contributed by atoms with Crippen LogP contribution in [0.25, 0.3) is 0 Å². The first-order valence-electron chi connectivity index (χ1n) is 7.35. The number of nitrogens with zero attached hydrogens (tertiary/aromatic N) is 1. The molecule has 0 aromatic heterocycles. The van der Waals surface area contributed by atoms with E-state index in [4.69, 9.17) is 9.84 Å². The molecule has 5 heteroatoms. The van der Waals surface area contributed by atoms with Crippen molar-refractivity contribution in [2.24, 2.45) is 5.92 Å². The van der Waals surface area contributed by atoms with Crippen molar-refractivity contribution in [2.45, 2.75) is 32.3 Å². The number of benzene rings is 1. The number of aliphatic carboxylic acids is 1. The molecule has 1 aliphatic heterocycles. The Morgan fingerprint density at radius 3 is 2.43 bits per heavy atom. The van der Waals surface area contributed by atoms with Gasteiger partial charge in [0.25, 0.3) is 5.91 Å². The minimum absolute atomic E-state index is 0.0507. The van der Waals surface area contributed by atoms with Crippen molar-refractivity contribution in [3.05, 3.63) is 30.3 Å². The third kappa shape index (κ3) is 3.97. The zero-order valence-electron chi connectivity index (χ0n) is 12.2. The van der Waals surface area contributed by atoms with Gasteiger partial charge in [-0.15, -0.1) is 0 Å². The second-order valence-corrected chi connectivity index (χ2v) is 5.27. The Morgan fingerprint density at radius 1 is 1.29 bits per heavy atom. The fourth-order valence-corrected chi connectivity index (χ4v) is 2.52. The first-order chi connectivity index (χ1) is 10.1. The average Bonchev–Trinajstić information content (AvgIpc) is 2.53. The van der Waals surface area contributed by atoms with E-state index in [0.717, 1.165) is 0 Å². The fourth-order valence-electron chi connectivity index (χ4n) is 2.52. The number of likely N-dealkylation sites (tertiary alicyclic amines) is 1. The summed E-state index contributed by atoms with van der Waals surface area (Å²) in [4.78, 5) is 25.1. The molecule has 1 aliphatic rings. The lowest BCUT2D eigenvalue weighted by molar-refractivity contribution is -0.147. The number of hydrogen-bond donors (Lipinski definition) is 1. The number of rotatable bonds is 5. The summed E-state index contributed by atoms with van der Waals surface area (Å²) in [7, 11) is 0. The minimum atomic E-state index is -0.769. The van der Waals surface area contributed by atoms with Gasteiger partial charge in [0, 0.05) is 13.1 Å². The SMILES string of the molecule is CC[C@@H](Oc1ccccc1)C(=O)N1CCC(C(=O)O)CC1. The maximum absolute atomic E-state index is 12.5. The lowest BCUT2D eigenvalue weighted by atomic mass is 9.96. The summed E-state index contributed by atoms with van der Waals surface area (Å²) in [6.45, 7) is 2.89. The van der Waals surface area contributed by atoms with Crippen molar-refractivity contribution in [3.8, 4) is 5.75 Å². The predicted octanol–water partition coefficient (Wildman–Crippen LogP) is 2.17. The fraction of sp³-hybridized carbons (Fsp3) is 0.500. The summed E-state index contributed by atoms with van der Waals surface area (Å²) in [5, 5.41) is 8.99. The lowest BCUT2D eigenvalue weighted by Gasteiger charge is -2.32. The molecule has 2 rings (SSSR count). The van der Waals surface area contributed by atoms with Crippen LogP contribution in [0.1, 0.15) is 26.2 Å². The van der Waals surface area contributed by atoms with E-state index < -0.39 is 12.1 Å². The zero-order chi connectivity index (χ0) is 15.2. The molecule has 21 heavy (non-hydrogen) atoms. The number of hydrogen-bond acceptors (Lipinski definition) is 3. The molecule has 1 heterocycles. The Kier molecular flexibility index (Phi) is 5.20. The van der Waals surface area contributed by atoms with Gasteiger partial charge in [0.2, 0.25) is 0 Å². The molecule has 0 aliphatic carbocycles. The Labute approximate surface area is 124 Å². The van der Waals surface area contributed by atoms with Gasteiger partial charge >= 0.3 is 5.97 Å². The number of carboxylic acids is 1. The van der Waals surface area contributed by atoms with Crippen LogP contribution in [0.4, 0.5) is 0 Å². The van der Waals surface area contributed by atoms with E-state index in [0.29, 0.717) is 38.1 Å². The standard InChI is InChI=1S/C16H21NO4/c1-2-14(21-13-6-4-3-5-7-13)15(18)17-10-8-12(9-11-17)16(19)20/h3-7,12,14H,2,8-11H2,1H3,(H,19,20)/t14-/m1/s1. The first-order valence-corrected chi connectivity index (χ1v) is 7.35. The molecule has 0 spiro atoms. The number of carbonyl (C=O) groups excluding carboxylic acids is 1. The van der Waals surface area contributed by atoms with E-state index >= 15 is 0 Å². The third-order valence-electron chi connectivity index (χ3n) is 3.82. The van der Waals surface area contributed by atoms with Crippen LogP contribution in [0.3, 0.4) is 0 Å². The van der Waals surface area contributed by atoms with Gasteiger partial charge in [0.15, 0.2) is 6.10 Å². The van der Waals surface area contributed by atoms with Crippen molar-refractivity contribution in [1.29, 1.82) is 0 Å². The second-order valence-electron chi connectivity index (χ2n) is 5.27. The molecule has 1 amide bonds. The number of piperidine rings is 1. The summed E-state index contributed by atoms with van der Waals surface area (Å²) in [6, 6.07) is 9.28. The molecule has 0 saturated carbocycles. The van der Waals surface area contributed by atoms with Crippen LogP contribution in [-0.2, 0) is 9.59 Å². The highest BCUT2D eigenvalue weighted by Gasteiger charge is 2.30. The topological polar surface area (TPSA) is 66.8 Å². The van der Waals surface area contributed by atoms with Gasteiger partial charge in [-0.1, -0.05) is 25.1 Å². The number of para-hydroxylation sites is 1. The summed E-state index contributed by atoms with van der Waals surface area (Å²) >= 11 is 0. The van der Waals surface area contributed by atoms with E-state index in [-0.39, 0.29) is 11.8 Å². The molecule has 1 aromatic rings. The first kappa shape index (κ1) is 15.4. The summed E-state index contributed by atoms with van der Waals surface area (Å²) in [5.74, 6) is -0.470. The Morgan fingerprint density at radius 2 is 1.90 bits per heavy atom. The van der Waals surface area contributed by atoms with Crippen molar-refractivity contribution in [1.82, 2.24) is 4.90 Å². The Bertz CT molecular complexity index is 480. The lowest BCUT2D eigenvalue weighted by Crippen LogP contribution is -2.46. The van der Waals surface area contributed by atoms with Crippen LogP contribution in [-0.4, -0.2) is 41.1 Å². The molecule has 1 atom stereocenters. The van der Waals surface area contributed by atoms with Crippen molar-refractivity contribution in [3.63, 3.8) is 0 Å². The molecule has 1 aromatic carbocycles. The Hall–Kier alpha value is -2.04. The number of amides is 1. The summed E-state index contributed by atoms with van der Waals surface area (Å²) in [5.41, 5.74) is 0. The minimum Gasteiger partial charge on any atom is -0.481 e. The molecule has 5 nitrogen and oxygen atoms in total. The number of ether oxygens (including phenoxy) is 1. The molecule has 0 bridgehead atoms. The van der Waals surface area contributed by atoms with Gasteiger partial charge in [-0.25, -0.2) is 0 Å². The summed E-state index contributed by atoms with van der Waals surface area (Å²) in [6.07, 6.45) is 1.12. The smallest absolute Gasteiger partial charge is 0.306 e. The van der Waals surface area contributed by atoms with E-state index in [1.807, 2.05) is 37.3 Å². The summed E-state index contributed by atoms with van der Waals surface area (Å²) < 4.78 is 5.75. The molecular formula is C16H21NO4. The van der Waals surface area contributed by atoms with Crippen molar-refractivity contribution >= 4 is 11.9 Å². The van der Waals surface area contributed by atoms with Gasteiger partial charge in [-0.05, 0) is 31.4 Å². The molecule has 1 saturated heterocycles. The van der Waals surface area contributed by atoms with E-state index in [1.165, 1.54) is 0 Å². The number of carbonyl (C=O) groups is 2. The van der Waals surface area contributed by atoms with Crippen LogP contribution < -0.4 is 4.74 Å². The quantitative estimate of drug-likeness (QED) is 0.903. The number of carboxylic acid groups (broad SMARTS) is 1. The van der Waals surface area contributed by atoms with Crippen LogP contribution in [0.2, 0.25) is 0 Å². The Balaban J connectivity index is 1.93. The largest absolute Gasteiger partial charge is 0.481 e. The van der Waals surface area contributed by atoms with Gasteiger partial charge in [-0.3, -0.25) is 9.59 Å². The van der Waals surface area contributed by atoms with E-state index in [9.17, 15) is 9.59 Å².